The van der Waals surface area contributed by atoms with Crippen LogP contribution in [-0.4, -0.2) is 30.2 Å². The Morgan fingerprint density at radius 1 is 1.71 bits per heavy atom. The van der Waals surface area contributed by atoms with Crippen LogP contribution in [0.15, 0.2) is 18.3 Å². The fourth-order valence-corrected chi connectivity index (χ4v) is 1.74. The Morgan fingerprint density at radius 3 is 3.29 bits per heavy atom. The maximum absolute atomic E-state index is 11.8. The quantitative estimate of drug-likeness (QED) is 0.862. The molecule has 1 N–H and O–H groups in total. The van der Waals surface area contributed by atoms with Crippen LogP contribution in [0.4, 0.5) is 5.82 Å². The normalized spacial score (nSPS) is 19.0. The maximum Gasteiger partial charge on any atom is 0.254 e. The summed E-state index contributed by atoms with van der Waals surface area (Å²) in [4.78, 5) is 15.9. The molecule has 5 heteroatoms. The predicted octanol–water partition coefficient (Wildman–Crippen LogP) is 1.60. The van der Waals surface area contributed by atoms with E-state index in [9.17, 15) is 4.79 Å². The van der Waals surface area contributed by atoms with E-state index in [0.29, 0.717) is 24.8 Å². The van der Waals surface area contributed by atoms with E-state index in [4.69, 9.17) is 9.47 Å². The summed E-state index contributed by atoms with van der Waals surface area (Å²) in [5.74, 6) is 0.887. The van der Waals surface area contributed by atoms with Crippen LogP contribution >= 0.6 is 0 Å². The monoisotopic (exact) mass is 236 g/mol. The highest BCUT2D eigenvalue weighted by atomic mass is 16.5. The minimum atomic E-state index is -0.355. The Bertz CT molecular complexity index is 389. The second-order valence-corrected chi connectivity index (χ2v) is 3.77. The number of carbonyl (C=O) groups is 1. The summed E-state index contributed by atoms with van der Waals surface area (Å²) in [6.07, 6.45) is 2.96. The van der Waals surface area contributed by atoms with Crippen LogP contribution in [0, 0.1) is 0 Å². The third-order valence-corrected chi connectivity index (χ3v) is 2.53. The van der Waals surface area contributed by atoms with Crippen molar-refractivity contribution in [1.29, 1.82) is 0 Å². The first-order chi connectivity index (χ1) is 8.31. The standard InChI is InChI=1S/C12H16N2O3/c1-2-16-9-5-3-7-13-11(9)14-12(15)10-6-4-8-17-10/h3,5,7,10H,2,4,6,8H2,1H3,(H,13,14,15). The zero-order chi connectivity index (χ0) is 12.1. The molecular formula is C12H16N2O3. The van der Waals surface area contributed by atoms with Crippen LogP contribution in [0.2, 0.25) is 0 Å². The van der Waals surface area contributed by atoms with Crippen molar-refractivity contribution in [2.75, 3.05) is 18.5 Å². The van der Waals surface area contributed by atoms with E-state index in [1.54, 1.807) is 18.3 Å². The molecule has 2 heterocycles. The van der Waals surface area contributed by atoms with E-state index in [2.05, 4.69) is 10.3 Å². The van der Waals surface area contributed by atoms with Gasteiger partial charge in [-0.2, -0.15) is 0 Å². The Kier molecular flexibility index (Phi) is 3.93. The number of nitrogens with one attached hydrogen (secondary N) is 1. The predicted molar refractivity (Wildman–Crippen MR) is 63.0 cm³/mol. The van der Waals surface area contributed by atoms with Crippen molar-refractivity contribution in [2.24, 2.45) is 0 Å². The molecule has 0 aromatic carbocycles. The second-order valence-electron chi connectivity index (χ2n) is 3.77. The minimum absolute atomic E-state index is 0.151. The van der Waals surface area contributed by atoms with E-state index >= 15 is 0 Å². The van der Waals surface area contributed by atoms with E-state index < -0.39 is 0 Å². The van der Waals surface area contributed by atoms with Crippen LogP contribution in [0.3, 0.4) is 0 Å². The molecule has 1 fully saturated rings. The third kappa shape index (κ3) is 2.94. The van der Waals surface area contributed by atoms with Crippen molar-refractivity contribution in [3.05, 3.63) is 18.3 Å². The number of aromatic nitrogens is 1. The lowest BCUT2D eigenvalue weighted by Crippen LogP contribution is -2.27. The van der Waals surface area contributed by atoms with Crippen molar-refractivity contribution in [3.63, 3.8) is 0 Å². The van der Waals surface area contributed by atoms with Crippen LogP contribution < -0.4 is 10.1 Å². The topological polar surface area (TPSA) is 60.5 Å². The van der Waals surface area contributed by atoms with Gasteiger partial charge in [0.1, 0.15) is 6.10 Å². The van der Waals surface area contributed by atoms with Crippen LogP contribution in [-0.2, 0) is 9.53 Å². The zero-order valence-electron chi connectivity index (χ0n) is 9.81. The molecule has 0 aliphatic carbocycles. The third-order valence-electron chi connectivity index (χ3n) is 2.53. The van der Waals surface area contributed by atoms with E-state index in [-0.39, 0.29) is 12.0 Å². The molecule has 1 aromatic heterocycles. The lowest BCUT2D eigenvalue weighted by Gasteiger charge is -2.12. The highest BCUT2D eigenvalue weighted by Crippen LogP contribution is 2.22. The Labute approximate surface area is 100 Å². The lowest BCUT2D eigenvalue weighted by molar-refractivity contribution is -0.124. The number of anilines is 1. The summed E-state index contributed by atoms with van der Waals surface area (Å²) in [7, 11) is 0. The Hall–Kier alpha value is -1.62. The van der Waals surface area contributed by atoms with Gasteiger partial charge in [0.15, 0.2) is 11.6 Å². The highest BCUT2D eigenvalue weighted by molar-refractivity contribution is 5.94. The van der Waals surface area contributed by atoms with Crippen LogP contribution in [0.5, 0.6) is 5.75 Å². The first-order valence-corrected chi connectivity index (χ1v) is 5.81. The first kappa shape index (κ1) is 11.9. The van der Waals surface area contributed by atoms with Gasteiger partial charge in [0.25, 0.3) is 5.91 Å². The summed E-state index contributed by atoms with van der Waals surface area (Å²) >= 11 is 0. The van der Waals surface area contributed by atoms with Gasteiger partial charge in [0, 0.05) is 12.8 Å². The van der Waals surface area contributed by atoms with Crippen LogP contribution in [0.25, 0.3) is 0 Å². The number of amides is 1. The number of carbonyl (C=O) groups excluding carboxylic acids is 1. The van der Waals surface area contributed by atoms with Gasteiger partial charge in [-0.25, -0.2) is 4.98 Å². The average molecular weight is 236 g/mol. The molecule has 1 aliphatic heterocycles. The molecule has 5 nitrogen and oxygen atoms in total. The molecule has 0 bridgehead atoms. The number of ether oxygens (including phenoxy) is 2. The van der Waals surface area contributed by atoms with Gasteiger partial charge < -0.3 is 14.8 Å². The maximum atomic E-state index is 11.8. The lowest BCUT2D eigenvalue weighted by atomic mass is 10.2. The summed E-state index contributed by atoms with van der Waals surface area (Å²) in [6.45, 7) is 3.08. The molecule has 1 aliphatic rings. The van der Waals surface area contributed by atoms with E-state index in [1.165, 1.54) is 0 Å². The number of rotatable bonds is 4. The summed E-state index contributed by atoms with van der Waals surface area (Å²) in [6, 6.07) is 3.55. The molecule has 0 radical (unpaired) electrons. The minimum Gasteiger partial charge on any atom is -0.490 e. The number of pyridine rings is 1. The Morgan fingerprint density at radius 2 is 2.59 bits per heavy atom. The van der Waals surface area contributed by atoms with E-state index in [0.717, 1.165) is 12.8 Å². The molecule has 92 valence electrons. The molecule has 1 aromatic rings. The first-order valence-electron chi connectivity index (χ1n) is 5.81. The van der Waals surface area contributed by atoms with Crippen molar-refractivity contribution in [1.82, 2.24) is 4.98 Å². The molecule has 1 unspecified atom stereocenters. The largest absolute Gasteiger partial charge is 0.490 e. The molecule has 1 amide bonds. The van der Waals surface area contributed by atoms with E-state index in [1.807, 2.05) is 6.92 Å². The summed E-state index contributed by atoms with van der Waals surface area (Å²) in [5.41, 5.74) is 0. The highest BCUT2D eigenvalue weighted by Gasteiger charge is 2.24. The van der Waals surface area contributed by atoms with Gasteiger partial charge in [-0.1, -0.05) is 0 Å². The van der Waals surface area contributed by atoms with Gasteiger partial charge >= 0.3 is 0 Å². The molecular weight excluding hydrogens is 220 g/mol. The second kappa shape index (κ2) is 5.63. The van der Waals surface area contributed by atoms with Crippen molar-refractivity contribution < 1.29 is 14.3 Å². The summed E-state index contributed by atoms with van der Waals surface area (Å²) < 4.78 is 10.7. The van der Waals surface area contributed by atoms with Gasteiger partial charge in [-0.05, 0) is 31.9 Å². The summed E-state index contributed by atoms with van der Waals surface area (Å²) in [5, 5.41) is 2.74. The van der Waals surface area contributed by atoms with Gasteiger partial charge in [0.2, 0.25) is 0 Å². The molecule has 17 heavy (non-hydrogen) atoms. The van der Waals surface area contributed by atoms with Crippen molar-refractivity contribution in [2.45, 2.75) is 25.9 Å². The van der Waals surface area contributed by atoms with Gasteiger partial charge in [-0.15, -0.1) is 0 Å². The fourth-order valence-electron chi connectivity index (χ4n) is 1.74. The smallest absolute Gasteiger partial charge is 0.254 e. The SMILES string of the molecule is CCOc1cccnc1NC(=O)C1CCCO1. The zero-order valence-corrected chi connectivity index (χ0v) is 9.81. The Balaban J connectivity index is 2.04. The van der Waals surface area contributed by atoms with Crippen LogP contribution in [0.1, 0.15) is 19.8 Å². The fraction of sp³-hybridized carbons (Fsp3) is 0.500. The van der Waals surface area contributed by atoms with Crippen molar-refractivity contribution >= 4 is 11.7 Å². The molecule has 2 rings (SSSR count). The molecule has 1 atom stereocenters. The molecule has 1 saturated heterocycles. The van der Waals surface area contributed by atoms with Crippen molar-refractivity contribution in [3.8, 4) is 5.75 Å². The molecule has 0 saturated carbocycles. The number of hydrogen-bond acceptors (Lipinski definition) is 4. The number of nitrogens with zero attached hydrogens (tertiary/aromatic N) is 1. The average Bonchev–Trinajstić information content (AvgIpc) is 2.85. The molecule has 0 spiro atoms. The van der Waals surface area contributed by atoms with Gasteiger partial charge in [0.05, 0.1) is 6.61 Å². The van der Waals surface area contributed by atoms with Gasteiger partial charge in [-0.3, -0.25) is 4.79 Å². The number of hydrogen-bond donors (Lipinski definition) is 1.